The van der Waals surface area contributed by atoms with Gasteiger partial charge in [-0.1, -0.05) is 0 Å². The van der Waals surface area contributed by atoms with E-state index in [1.54, 1.807) is 0 Å². The summed E-state index contributed by atoms with van der Waals surface area (Å²) < 4.78 is 5.82. The standard InChI is InChI=1S/C12H18N4O/c1-7-5-11(16-12(13-2)14-7)15-9-6-8-3-4-10(9)17-8/h5,8-10H,3-4,6H2,1-2H3,(H2,13,14,15,16). The van der Waals surface area contributed by atoms with Gasteiger partial charge in [0.05, 0.1) is 18.2 Å². The lowest BCUT2D eigenvalue weighted by Crippen LogP contribution is -2.30. The second-order valence-electron chi connectivity index (χ2n) is 4.83. The summed E-state index contributed by atoms with van der Waals surface area (Å²) >= 11 is 0. The van der Waals surface area contributed by atoms with Crippen molar-refractivity contribution in [1.29, 1.82) is 0 Å². The van der Waals surface area contributed by atoms with Crippen molar-refractivity contribution in [3.8, 4) is 0 Å². The van der Waals surface area contributed by atoms with Crippen LogP contribution in [0.15, 0.2) is 6.07 Å². The third kappa shape index (κ3) is 2.07. The van der Waals surface area contributed by atoms with E-state index < -0.39 is 0 Å². The van der Waals surface area contributed by atoms with Gasteiger partial charge in [-0.05, 0) is 26.2 Å². The van der Waals surface area contributed by atoms with E-state index in [0.29, 0.717) is 24.2 Å². The smallest absolute Gasteiger partial charge is 0.224 e. The molecule has 2 aliphatic rings. The van der Waals surface area contributed by atoms with E-state index in [1.807, 2.05) is 20.0 Å². The van der Waals surface area contributed by atoms with Gasteiger partial charge in [-0.25, -0.2) is 4.98 Å². The first-order valence-electron chi connectivity index (χ1n) is 6.20. The van der Waals surface area contributed by atoms with Crippen LogP contribution in [0.25, 0.3) is 0 Å². The Hall–Kier alpha value is -1.36. The Kier molecular flexibility index (Phi) is 2.63. The fraction of sp³-hybridized carbons (Fsp3) is 0.667. The Balaban J connectivity index is 1.74. The molecular weight excluding hydrogens is 216 g/mol. The van der Waals surface area contributed by atoms with E-state index in [2.05, 4.69) is 20.6 Å². The number of rotatable bonds is 3. The van der Waals surface area contributed by atoms with Gasteiger partial charge in [0.2, 0.25) is 5.95 Å². The molecule has 3 atom stereocenters. The number of fused-ring (bicyclic) bond motifs is 2. The monoisotopic (exact) mass is 234 g/mol. The fourth-order valence-electron chi connectivity index (χ4n) is 2.73. The molecule has 1 aromatic rings. The number of nitrogens with zero attached hydrogens (tertiary/aromatic N) is 2. The molecule has 2 aliphatic heterocycles. The average Bonchev–Trinajstić information content (AvgIpc) is 2.90. The molecule has 1 aromatic heterocycles. The van der Waals surface area contributed by atoms with Gasteiger partial charge in [0.1, 0.15) is 5.82 Å². The zero-order valence-corrected chi connectivity index (χ0v) is 10.2. The number of aromatic nitrogens is 2. The quantitative estimate of drug-likeness (QED) is 0.831. The number of hydrogen-bond acceptors (Lipinski definition) is 5. The first-order valence-corrected chi connectivity index (χ1v) is 6.20. The van der Waals surface area contributed by atoms with E-state index in [4.69, 9.17) is 4.74 Å². The number of nitrogens with one attached hydrogen (secondary N) is 2. The molecule has 3 heterocycles. The van der Waals surface area contributed by atoms with Gasteiger partial charge in [0.15, 0.2) is 0 Å². The molecule has 2 bridgehead atoms. The molecule has 0 amide bonds. The van der Waals surface area contributed by atoms with Gasteiger partial charge in [-0.3, -0.25) is 0 Å². The molecule has 5 nitrogen and oxygen atoms in total. The number of anilines is 2. The molecule has 2 N–H and O–H groups in total. The number of hydrogen-bond donors (Lipinski definition) is 2. The van der Waals surface area contributed by atoms with Crippen LogP contribution in [0.3, 0.4) is 0 Å². The molecule has 5 heteroatoms. The molecule has 3 unspecified atom stereocenters. The first kappa shape index (κ1) is 10.8. The van der Waals surface area contributed by atoms with Crippen LogP contribution in [-0.2, 0) is 4.74 Å². The fourth-order valence-corrected chi connectivity index (χ4v) is 2.73. The van der Waals surface area contributed by atoms with Crippen molar-refractivity contribution in [2.75, 3.05) is 17.7 Å². The highest BCUT2D eigenvalue weighted by molar-refractivity contribution is 5.43. The lowest BCUT2D eigenvalue weighted by atomic mass is 9.95. The highest BCUT2D eigenvalue weighted by Crippen LogP contribution is 2.35. The Labute approximate surface area is 101 Å². The summed E-state index contributed by atoms with van der Waals surface area (Å²) in [6.45, 7) is 1.98. The average molecular weight is 234 g/mol. The third-order valence-electron chi connectivity index (χ3n) is 3.52. The Morgan fingerprint density at radius 1 is 1.35 bits per heavy atom. The van der Waals surface area contributed by atoms with Crippen LogP contribution in [0, 0.1) is 6.92 Å². The maximum absolute atomic E-state index is 5.82. The lowest BCUT2D eigenvalue weighted by Gasteiger charge is -2.20. The SMILES string of the molecule is CNc1nc(C)cc(NC2CC3CCC2O3)n1. The third-order valence-corrected chi connectivity index (χ3v) is 3.52. The van der Waals surface area contributed by atoms with E-state index in [1.165, 1.54) is 12.8 Å². The minimum Gasteiger partial charge on any atom is -0.373 e. The van der Waals surface area contributed by atoms with Gasteiger partial charge < -0.3 is 15.4 Å². The maximum atomic E-state index is 5.82. The second-order valence-corrected chi connectivity index (χ2v) is 4.83. The van der Waals surface area contributed by atoms with E-state index >= 15 is 0 Å². The van der Waals surface area contributed by atoms with Crippen LogP contribution < -0.4 is 10.6 Å². The van der Waals surface area contributed by atoms with Crippen molar-refractivity contribution >= 4 is 11.8 Å². The topological polar surface area (TPSA) is 59.1 Å². The second kappa shape index (κ2) is 4.14. The predicted molar refractivity (Wildman–Crippen MR) is 66.2 cm³/mol. The maximum Gasteiger partial charge on any atom is 0.224 e. The molecule has 17 heavy (non-hydrogen) atoms. The van der Waals surface area contributed by atoms with E-state index in [0.717, 1.165) is 17.9 Å². The molecule has 0 saturated carbocycles. The first-order chi connectivity index (χ1) is 8.24. The summed E-state index contributed by atoms with van der Waals surface area (Å²) in [5.41, 5.74) is 0.968. The van der Waals surface area contributed by atoms with Gasteiger partial charge >= 0.3 is 0 Å². The summed E-state index contributed by atoms with van der Waals surface area (Å²) in [6.07, 6.45) is 4.32. The van der Waals surface area contributed by atoms with Gasteiger partial charge in [0.25, 0.3) is 0 Å². The molecule has 2 saturated heterocycles. The van der Waals surface area contributed by atoms with E-state index in [9.17, 15) is 0 Å². The number of aryl methyl sites for hydroxylation is 1. The number of ether oxygens (including phenoxy) is 1. The highest BCUT2D eigenvalue weighted by atomic mass is 16.5. The molecule has 3 rings (SSSR count). The summed E-state index contributed by atoms with van der Waals surface area (Å²) in [4.78, 5) is 8.69. The summed E-state index contributed by atoms with van der Waals surface area (Å²) in [7, 11) is 1.83. The normalized spacial score (nSPS) is 30.6. The van der Waals surface area contributed by atoms with Gasteiger partial charge in [-0.15, -0.1) is 0 Å². The van der Waals surface area contributed by atoms with Crippen molar-refractivity contribution < 1.29 is 4.74 Å². The van der Waals surface area contributed by atoms with Gasteiger partial charge in [-0.2, -0.15) is 4.98 Å². The molecule has 0 aliphatic carbocycles. The lowest BCUT2D eigenvalue weighted by molar-refractivity contribution is 0.102. The van der Waals surface area contributed by atoms with Crippen molar-refractivity contribution in [3.05, 3.63) is 11.8 Å². The highest BCUT2D eigenvalue weighted by Gasteiger charge is 2.40. The molecular formula is C12H18N4O. The van der Waals surface area contributed by atoms with E-state index in [-0.39, 0.29) is 0 Å². The van der Waals surface area contributed by atoms with Crippen LogP contribution in [0.5, 0.6) is 0 Å². The molecule has 0 radical (unpaired) electrons. The van der Waals surface area contributed by atoms with Crippen LogP contribution in [0.2, 0.25) is 0 Å². The molecule has 0 spiro atoms. The zero-order valence-electron chi connectivity index (χ0n) is 10.2. The largest absolute Gasteiger partial charge is 0.373 e. The van der Waals surface area contributed by atoms with Crippen LogP contribution in [-0.4, -0.2) is 35.3 Å². The summed E-state index contributed by atoms with van der Waals surface area (Å²) in [6, 6.07) is 2.39. The zero-order chi connectivity index (χ0) is 11.8. The summed E-state index contributed by atoms with van der Waals surface area (Å²) in [5, 5.41) is 6.45. The van der Waals surface area contributed by atoms with Gasteiger partial charge in [0, 0.05) is 18.8 Å². The summed E-state index contributed by atoms with van der Waals surface area (Å²) in [5.74, 6) is 1.56. The van der Waals surface area contributed by atoms with Crippen LogP contribution in [0.4, 0.5) is 11.8 Å². The minimum absolute atomic E-state index is 0.369. The van der Waals surface area contributed by atoms with Crippen molar-refractivity contribution in [2.45, 2.75) is 44.4 Å². The Bertz CT molecular complexity index is 423. The van der Waals surface area contributed by atoms with Crippen LogP contribution >= 0.6 is 0 Å². The Morgan fingerprint density at radius 2 is 2.24 bits per heavy atom. The Morgan fingerprint density at radius 3 is 2.88 bits per heavy atom. The molecule has 92 valence electrons. The van der Waals surface area contributed by atoms with Crippen molar-refractivity contribution in [2.24, 2.45) is 0 Å². The molecule has 0 aromatic carbocycles. The van der Waals surface area contributed by atoms with Crippen molar-refractivity contribution in [3.63, 3.8) is 0 Å². The predicted octanol–water partition coefficient (Wildman–Crippen LogP) is 1.56. The molecule has 2 fully saturated rings. The van der Waals surface area contributed by atoms with Crippen LogP contribution in [0.1, 0.15) is 25.0 Å². The van der Waals surface area contributed by atoms with Crippen molar-refractivity contribution in [1.82, 2.24) is 9.97 Å². The minimum atomic E-state index is 0.369.